The molecule has 9 heteroatoms. The molecule has 4 atom stereocenters. The second-order valence-electron chi connectivity index (χ2n) is 9.21. The molecule has 0 aliphatic carbocycles. The molecule has 0 radical (unpaired) electrons. The minimum Gasteiger partial charge on any atom is -0.396 e. The lowest BCUT2D eigenvalue weighted by Crippen LogP contribution is -2.50. The van der Waals surface area contributed by atoms with Crippen LogP contribution in [0.25, 0.3) is 11.1 Å². The van der Waals surface area contributed by atoms with E-state index in [1.165, 1.54) is 23.1 Å². The van der Waals surface area contributed by atoms with Crippen molar-refractivity contribution in [1.82, 2.24) is 19.8 Å². The molecule has 2 aliphatic heterocycles. The molecule has 2 aliphatic rings. The minimum absolute atomic E-state index is 0.157. The summed E-state index contributed by atoms with van der Waals surface area (Å²) in [5.41, 5.74) is 1.31. The summed E-state index contributed by atoms with van der Waals surface area (Å²) in [7, 11) is 0. The molecule has 186 valence electrons. The van der Waals surface area contributed by atoms with Crippen LogP contribution in [0.5, 0.6) is 0 Å². The number of carbonyl (C=O) groups is 2. The van der Waals surface area contributed by atoms with Crippen LogP contribution in [-0.4, -0.2) is 50.6 Å². The molecule has 0 saturated carbocycles. The largest absolute Gasteiger partial charge is 0.396 e. The number of nitrogens with zero attached hydrogens (tertiary/aromatic N) is 3. The molecule has 1 saturated heterocycles. The summed E-state index contributed by atoms with van der Waals surface area (Å²) in [6, 6.07) is 11.0. The van der Waals surface area contributed by atoms with E-state index < -0.39 is 35.6 Å². The van der Waals surface area contributed by atoms with E-state index in [0.717, 1.165) is 0 Å². The summed E-state index contributed by atoms with van der Waals surface area (Å²) in [4.78, 5) is 46.0. The van der Waals surface area contributed by atoms with Crippen molar-refractivity contribution in [3.05, 3.63) is 88.4 Å². The van der Waals surface area contributed by atoms with Gasteiger partial charge < -0.3 is 19.9 Å². The Morgan fingerprint density at radius 1 is 1.17 bits per heavy atom. The van der Waals surface area contributed by atoms with E-state index in [0.29, 0.717) is 29.8 Å². The van der Waals surface area contributed by atoms with Gasteiger partial charge in [-0.2, -0.15) is 0 Å². The number of carbonyl (C=O) groups excluding carboxylic acids is 2. The Labute approximate surface area is 207 Å². The molecule has 1 fully saturated rings. The van der Waals surface area contributed by atoms with Gasteiger partial charge in [0.05, 0.1) is 11.6 Å². The number of pyridine rings is 2. The Bertz CT molecular complexity index is 1360. The lowest BCUT2D eigenvalue weighted by molar-refractivity contribution is -0.126. The number of benzene rings is 1. The SMILES string of the molecule is CCCNC(=O)[C@@H]1[C@@H](CO)[C@@H]2Cn3c(ccc(-c4cccnc4)c3=O)[C@@H]2N1C(=O)c1ccccc1F. The zero-order chi connectivity index (χ0) is 25.4. The minimum atomic E-state index is -0.995. The van der Waals surface area contributed by atoms with Crippen LogP contribution in [0, 0.1) is 17.7 Å². The highest BCUT2D eigenvalue weighted by atomic mass is 19.1. The molecule has 0 unspecified atom stereocenters. The van der Waals surface area contributed by atoms with Crippen LogP contribution < -0.4 is 10.9 Å². The number of likely N-dealkylation sites (tertiary alicyclic amines) is 1. The van der Waals surface area contributed by atoms with Gasteiger partial charge in [-0.1, -0.05) is 25.1 Å². The van der Waals surface area contributed by atoms with Crippen molar-refractivity contribution in [3.63, 3.8) is 0 Å². The summed E-state index contributed by atoms with van der Waals surface area (Å²) in [6.45, 7) is 2.20. The van der Waals surface area contributed by atoms with Gasteiger partial charge >= 0.3 is 0 Å². The zero-order valence-corrected chi connectivity index (χ0v) is 19.8. The Kier molecular flexibility index (Phi) is 6.40. The van der Waals surface area contributed by atoms with E-state index >= 15 is 0 Å². The Morgan fingerprint density at radius 2 is 1.97 bits per heavy atom. The van der Waals surface area contributed by atoms with Crippen LogP contribution in [0.2, 0.25) is 0 Å². The summed E-state index contributed by atoms with van der Waals surface area (Å²) < 4.78 is 16.3. The third kappa shape index (κ3) is 3.80. The number of aliphatic hydroxyl groups excluding tert-OH is 1. The normalized spacial score (nSPS) is 22.2. The molecule has 3 aromatic rings. The van der Waals surface area contributed by atoms with Crippen molar-refractivity contribution in [2.45, 2.75) is 32.0 Å². The highest BCUT2D eigenvalue weighted by Gasteiger charge is 2.57. The topological polar surface area (TPSA) is 105 Å². The lowest BCUT2D eigenvalue weighted by Gasteiger charge is -2.31. The number of aliphatic hydroxyl groups is 1. The molecule has 0 bridgehead atoms. The van der Waals surface area contributed by atoms with Gasteiger partial charge in [-0.15, -0.1) is 0 Å². The fourth-order valence-corrected chi connectivity index (χ4v) is 5.58. The van der Waals surface area contributed by atoms with Crippen molar-refractivity contribution >= 4 is 11.8 Å². The predicted molar refractivity (Wildman–Crippen MR) is 130 cm³/mol. The van der Waals surface area contributed by atoms with Crippen LogP contribution in [0.15, 0.2) is 65.7 Å². The Balaban J connectivity index is 1.63. The molecule has 8 nitrogen and oxygen atoms in total. The number of nitrogens with one attached hydrogen (secondary N) is 1. The van der Waals surface area contributed by atoms with Crippen LogP contribution >= 0.6 is 0 Å². The van der Waals surface area contributed by atoms with Gasteiger partial charge in [-0.3, -0.25) is 19.4 Å². The predicted octanol–water partition coefficient (Wildman–Crippen LogP) is 2.38. The zero-order valence-electron chi connectivity index (χ0n) is 19.8. The Morgan fingerprint density at radius 3 is 2.67 bits per heavy atom. The molecule has 2 N–H and O–H groups in total. The molecular weight excluding hydrogens is 463 g/mol. The van der Waals surface area contributed by atoms with Gasteiger partial charge in [0.15, 0.2) is 0 Å². The summed E-state index contributed by atoms with van der Waals surface area (Å²) in [5, 5.41) is 13.2. The first-order valence-electron chi connectivity index (χ1n) is 12.1. The third-order valence-corrected chi connectivity index (χ3v) is 7.20. The highest BCUT2D eigenvalue weighted by molar-refractivity contribution is 5.98. The molecule has 2 aromatic heterocycles. The number of fused-ring (bicyclic) bond motifs is 3. The number of rotatable bonds is 6. The van der Waals surface area contributed by atoms with E-state index in [9.17, 15) is 23.9 Å². The van der Waals surface area contributed by atoms with Gasteiger partial charge in [0.25, 0.3) is 11.5 Å². The van der Waals surface area contributed by atoms with E-state index in [1.54, 1.807) is 47.3 Å². The monoisotopic (exact) mass is 490 g/mol. The molecule has 36 heavy (non-hydrogen) atoms. The first-order chi connectivity index (χ1) is 17.5. The molecular formula is C27H27FN4O4. The number of halogens is 1. The first kappa shape index (κ1) is 23.9. The van der Waals surface area contributed by atoms with Gasteiger partial charge in [0.1, 0.15) is 11.9 Å². The quantitative estimate of drug-likeness (QED) is 0.552. The smallest absolute Gasteiger partial charge is 0.258 e. The molecule has 5 rings (SSSR count). The first-order valence-corrected chi connectivity index (χ1v) is 12.1. The summed E-state index contributed by atoms with van der Waals surface area (Å²) in [5.74, 6) is -2.74. The summed E-state index contributed by atoms with van der Waals surface area (Å²) in [6.07, 6.45) is 3.93. The van der Waals surface area contributed by atoms with Gasteiger partial charge in [-0.25, -0.2) is 4.39 Å². The lowest BCUT2D eigenvalue weighted by atomic mass is 9.88. The number of hydrogen-bond acceptors (Lipinski definition) is 5. The van der Waals surface area contributed by atoms with Crippen LogP contribution in [0.4, 0.5) is 4.39 Å². The van der Waals surface area contributed by atoms with Gasteiger partial charge in [0.2, 0.25) is 5.91 Å². The van der Waals surface area contributed by atoms with Crippen LogP contribution in [-0.2, 0) is 11.3 Å². The average Bonchev–Trinajstić information content (AvgIpc) is 3.43. The fraction of sp³-hybridized carbons (Fsp3) is 0.333. The second kappa shape index (κ2) is 9.66. The molecule has 2 amide bonds. The number of aromatic nitrogens is 2. The van der Waals surface area contributed by atoms with E-state index in [4.69, 9.17) is 0 Å². The van der Waals surface area contributed by atoms with Crippen LogP contribution in [0.1, 0.15) is 35.4 Å². The number of amides is 2. The molecule has 4 heterocycles. The van der Waals surface area contributed by atoms with Gasteiger partial charge in [0, 0.05) is 60.7 Å². The van der Waals surface area contributed by atoms with Gasteiger partial charge in [-0.05, 0) is 36.8 Å². The highest BCUT2D eigenvalue weighted by Crippen LogP contribution is 2.50. The van der Waals surface area contributed by atoms with E-state index in [-0.39, 0.29) is 30.2 Å². The van der Waals surface area contributed by atoms with E-state index in [1.807, 2.05) is 6.92 Å². The van der Waals surface area contributed by atoms with Crippen LogP contribution in [0.3, 0.4) is 0 Å². The summed E-state index contributed by atoms with van der Waals surface area (Å²) >= 11 is 0. The fourth-order valence-electron chi connectivity index (χ4n) is 5.58. The molecule has 0 spiro atoms. The average molecular weight is 491 g/mol. The third-order valence-electron chi connectivity index (χ3n) is 7.20. The van der Waals surface area contributed by atoms with Crippen molar-refractivity contribution < 1.29 is 19.1 Å². The Hall–Kier alpha value is -3.85. The second-order valence-corrected chi connectivity index (χ2v) is 9.21. The maximum Gasteiger partial charge on any atom is 0.258 e. The van der Waals surface area contributed by atoms with Crippen molar-refractivity contribution in [2.24, 2.45) is 11.8 Å². The number of hydrogen-bond donors (Lipinski definition) is 2. The van der Waals surface area contributed by atoms with Crippen molar-refractivity contribution in [3.8, 4) is 11.1 Å². The molecule has 1 aromatic carbocycles. The maximum atomic E-state index is 14.7. The van der Waals surface area contributed by atoms with E-state index in [2.05, 4.69) is 10.3 Å². The standard InChI is InChI=1S/C27H27FN4O4/c1-2-11-30-25(34)24-20(15-33)19-14-31-22(10-9-17(26(31)35)16-6-5-12-29-13-16)23(19)32(24)27(36)18-7-3-4-8-21(18)28/h3-10,12-13,19-20,23-24,33H,2,11,14-15H2,1H3,(H,30,34)/t19-,20-,23+,24-/m0/s1. The van der Waals surface area contributed by atoms with Crippen molar-refractivity contribution in [1.29, 1.82) is 0 Å². The maximum absolute atomic E-state index is 14.7. The van der Waals surface area contributed by atoms with Crippen molar-refractivity contribution in [2.75, 3.05) is 13.2 Å².